The normalized spacial score (nSPS) is 13.7. The van der Waals surface area contributed by atoms with E-state index < -0.39 is 0 Å². The van der Waals surface area contributed by atoms with E-state index in [9.17, 15) is 9.59 Å². The average molecular weight is 391 g/mol. The van der Waals surface area contributed by atoms with Crippen molar-refractivity contribution < 1.29 is 9.59 Å². The molecule has 4 rings (SSSR count). The second kappa shape index (κ2) is 8.35. The molecule has 2 aromatic carbocycles. The zero-order chi connectivity index (χ0) is 19.3. The summed E-state index contributed by atoms with van der Waals surface area (Å²) < 4.78 is 0. The summed E-state index contributed by atoms with van der Waals surface area (Å²) >= 11 is 1.61. The Morgan fingerprint density at radius 2 is 2.00 bits per heavy atom. The van der Waals surface area contributed by atoms with Gasteiger partial charge in [-0.1, -0.05) is 36.4 Å². The van der Waals surface area contributed by atoms with Crippen LogP contribution < -0.4 is 10.2 Å². The number of carbonyl (C=O) groups excluding carboxylic acids is 2. The van der Waals surface area contributed by atoms with Gasteiger partial charge in [0.2, 0.25) is 5.91 Å². The van der Waals surface area contributed by atoms with E-state index in [1.54, 1.807) is 28.4 Å². The van der Waals surface area contributed by atoms with Crippen LogP contribution in [-0.2, 0) is 11.2 Å². The third-order valence-corrected chi connectivity index (χ3v) is 5.67. The number of carbonyl (C=O) groups is 2. The van der Waals surface area contributed by atoms with E-state index in [0.29, 0.717) is 24.9 Å². The first-order valence-corrected chi connectivity index (χ1v) is 10.3. The van der Waals surface area contributed by atoms with Crippen LogP contribution in [0.4, 0.5) is 5.69 Å². The van der Waals surface area contributed by atoms with Crippen LogP contribution in [0.2, 0.25) is 0 Å². The Morgan fingerprint density at radius 1 is 1.14 bits per heavy atom. The van der Waals surface area contributed by atoms with E-state index >= 15 is 0 Å². The molecule has 0 unspecified atom stereocenters. The molecule has 1 aromatic heterocycles. The number of rotatable bonds is 6. The molecular weight excluding hydrogens is 370 g/mol. The molecule has 1 aliphatic rings. The molecule has 2 heterocycles. The fourth-order valence-electron chi connectivity index (χ4n) is 3.28. The van der Waals surface area contributed by atoms with Crippen LogP contribution in [0.15, 0.2) is 60.0 Å². The van der Waals surface area contributed by atoms with E-state index in [1.807, 2.05) is 47.8 Å². The van der Waals surface area contributed by atoms with Crippen LogP contribution in [-0.4, -0.2) is 29.9 Å². The molecular formula is C22H21N3O2S. The number of benzene rings is 2. The van der Waals surface area contributed by atoms with Crippen molar-refractivity contribution in [1.29, 1.82) is 0 Å². The van der Waals surface area contributed by atoms with Gasteiger partial charge in [-0.2, -0.15) is 0 Å². The summed E-state index contributed by atoms with van der Waals surface area (Å²) in [4.78, 5) is 30.8. The number of hydrogen-bond acceptors (Lipinski definition) is 4. The molecule has 0 spiro atoms. The van der Waals surface area contributed by atoms with Crippen molar-refractivity contribution in [3.8, 4) is 10.6 Å². The quantitative estimate of drug-likeness (QED) is 0.693. The topological polar surface area (TPSA) is 62.3 Å². The minimum absolute atomic E-state index is 0.121. The molecule has 6 heteroatoms. The van der Waals surface area contributed by atoms with Crippen molar-refractivity contribution in [3.63, 3.8) is 0 Å². The molecule has 28 heavy (non-hydrogen) atoms. The molecule has 1 saturated heterocycles. The highest BCUT2D eigenvalue weighted by atomic mass is 32.1. The van der Waals surface area contributed by atoms with Crippen molar-refractivity contribution in [2.45, 2.75) is 19.3 Å². The second-order valence-electron chi connectivity index (χ2n) is 6.72. The Labute approximate surface area is 168 Å². The predicted octanol–water partition coefficient (Wildman–Crippen LogP) is 3.91. The van der Waals surface area contributed by atoms with E-state index in [4.69, 9.17) is 0 Å². The van der Waals surface area contributed by atoms with Gasteiger partial charge in [-0.05, 0) is 24.6 Å². The summed E-state index contributed by atoms with van der Waals surface area (Å²) in [6.45, 7) is 1.24. The molecule has 1 fully saturated rings. The number of anilines is 1. The van der Waals surface area contributed by atoms with Gasteiger partial charge in [-0.15, -0.1) is 11.3 Å². The van der Waals surface area contributed by atoms with Crippen molar-refractivity contribution in [1.82, 2.24) is 10.3 Å². The average Bonchev–Trinajstić information content (AvgIpc) is 3.38. The maximum Gasteiger partial charge on any atom is 0.251 e. The van der Waals surface area contributed by atoms with Gasteiger partial charge in [0.05, 0.1) is 5.69 Å². The SMILES string of the molecule is O=C(NCCc1csc(-c2ccccc2)n1)c1cccc(N2CCCC2=O)c1. The number of nitrogens with zero attached hydrogens (tertiary/aromatic N) is 2. The van der Waals surface area contributed by atoms with Gasteiger partial charge in [0, 0.05) is 48.1 Å². The number of nitrogens with one attached hydrogen (secondary N) is 1. The Hall–Kier alpha value is -2.99. The van der Waals surface area contributed by atoms with Crippen molar-refractivity contribution in [2.24, 2.45) is 0 Å². The largest absolute Gasteiger partial charge is 0.352 e. The molecule has 0 radical (unpaired) electrons. The minimum Gasteiger partial charge on any atom is -0.352 e. The Morgan fingerprint density at radius 3 is 2.79 bits per heavy atom. The van der Waals surface area contributed by atoms with E-state index in [1.165, 1.54) is 0 Å². The summed E-state index contributed by atoms with van der Waals surface area (Å²) in [5.41, 5.74) is 3.44. The second-order valence-corrected chi connectivity index (χ2v) is 7.57. The van der Waals surface area contributed by atoms with E-state index in [0.717, 1.165) is 34.9 Å². The first kappa shape index (κ1) is 18.4. The van der Waals surface area contributed by atoms with Gasteiger partial charge in [0.15, 0.2) is 0 Å². The highest BCUT2D eigenvalue weighted by Crippen LogP contribution is 2.24. The summed E-state index contributed by atoms with van der Waals surface area (Å²) in [6.07, 6.45) is 2.13. The Bertz CT molecular complexity index is 984. The van der Waals surface area contributed by atoms with Gasteiger partial charge in [-0.3, -0.25) is 9.59 Å². The van der Waals surface area contributed by atoms with Gasteiger partial charge in [0.25, 0.3) is 5.91 Å². The van der Waals surface area contributed by atoms with Crippen molar-refractivity contribution in [3.05, 3.63) is 71.2 Å². The summed E-state index contributed by atoms with van der Waals surface area (Å²) in [6, 6.07) is 17.3. The molecule has 1 N–H and O–H groups in total. The van der Waals surface area contributed by atoms with Crippen molar-refractivity contribution in [2.75, 3.05) is 18.0 Å². The lowest BCUT2D eigenvalue weighted by molar-refractivity contribution is -0.117. The Kier molecular flexibility index (Phi) is 5.48. The van der Waals surface area contributed by atoms with Crippen molar-refractivity contribution >= 4 is 28.8 Å². The van der Waals surface area contributed by atoms with Gasteiger partial charge < -0.3 is 10.2 Å². The first-order chi connectivity index (χ1) is 13.7. The molecule has 1 aliphatic heterocycles. The maximum absolute atomic E-state index is 12.5. The van der Waals surface area contributed by atoms with Gasteiger partial charge in [0.1, 0.15) is 5.01 Å². The molecule has 5 nitrogen and oxygen atoms in total. The zero-order valence-electron chi connectivity index (χ0n) is 15.4. The lowest BCUT2D eigenvalue weighted by Crippen LogP contribution is -2.27. The highest BCUT2D eigenvalue weighted by Gasteiger charge is 2.22. The van der Waals surface area contributed by atoms with Gasteiger partial charge >= 0.3 is 0 Å². The Balaban J connectivity index is 1.34. The molecule has 0 bridgehead atoms. The van der Waals surface area contributed by atoms with E-state index in [2.05, 4.69) is 10.3 Å². The van der Waals surface area contributed by atoms with Crippen LogP contribution >= 0.6 is 11.3 Å². The maximum atomic E-state index is 12.5. The fraction of sp³-hybridized carbons (Fsp3) is 0.227. The van der Waals surface area contributed by atoms with Crippen LogP contribution in [0, 0.1) is 0 Å². The number of aromatic nitrogens is 1. The zero-order valence-corrected chi connectivity index (χ0v) is 16.2. The lowest BCUT2D eigenvalue weighted by Gasteiger charge is -2.16. The molecule has 2 amide bonds. The standard InChI is InChI=1S/C22H21N3O2S/c26-20-10-5-13-25(20)19-9-4-8-17(14-19)21(27)23-12-11-18-15-28-22(24-18)16-6-2-1-3-7-16/h1-4,6-9,14-15H,5,10-13H2,(H,23,27). The number of amides is 2. The monoisotopic (exact) mass is 391 g/mol. The molecule has 3 aromatic rings. The smallest absolute Gasteiger partial charge is 0.251 e. The van der Waals surface area contributed by atoms with Crippen LogP contribution in [0.1, 0.15) is 28.9 Å². The molecule has 142 valence electrons. The number of thiazole rings is 1. The highest BCUT2D eigenvalue weighted by molar-refractivity contribution is 7.13. The summed E-state index contributed by atoms with van der Waals surface area (Å²) in [7, 11) is 0. The fourth-order valence-corrected chi connectivity index (χ4v) is 4.14. The molecule has 0 atom stereocenters. The van der Waals surface area contributed by atoms with Crippen LogP contribution in [0.3, 0.4) is 0 Å². The first-order valence-electron chi connectivity index (χ1n) is 9.39. The third kappa shape index (κ3) is 4.12. The van der Waals surface area contributed by atoms with Crippen LogP contribution in [0.25, 0.3) is 10.6 Å². The van der Waals surface area contributed by atoms with Gasteiger partial charge in [-0.25, -0.2) is 4.98 Å². The third-order valence-electron chi connectivity index (χ3n) is 4.73. The van der Waals surface area contributed by atoms with Crippen LogP contribution in [0.5, 0.6) is 0 Å². The molecule has 0 aliphatic carbocycles. The van der Waals surface area contributed by atoms with E-state index in [-0.39, 0.29) is 11.8 Å². The lowest BCUT2D eigenvalue weighted by atomic mass is 10.1. The summed E-state index contributed by atoms with van der Waals surface area (Å²) in [5.74, 6) is -0.0117. The predicted molar refractivity (Wildman–Crippen MR) is 112 cm³/mol. The molecule has 0 saturated carbocycles. The number of hydrogen-bond donors (Lipinski definition) is 1. The summed E-state index contributed by atoms with van der Waals surface area (Å²) in [5, 5.41) is 5.97. The minimum atomic E-state index is -0.132.